The molecule has 1 aliphatic rings. The Hall–Kier alpha value is -1.88. The number of hydrogen-bond donors (Lipinski definition) is 3. The molecule has 5 heteroatoms. The molecule has 0 heterocycles. The van der Waals surface area contributed by atoms with Crippen LogP contribution in [0.25, 0.3) is 0 Å². The summed E-state index contributed by atoms with van der Waals surface area (Å²) in [6, 6.07) is 9.12. The summed E-state index contributed by atoms with van der Waals surface area (Å²) >= 11 is 0. The van der Waals surface area contributed by atoms with Gasteiger partial charge in [-0.3, -0.25) is 9.59 Å². The number of carbonyl (C=O) groups is 2. The van der Waals surface area contributed by atoms with Crippen LogP contribution in [0.2, 0.25) is 0 Å². The van der Waals surface area contributed by atoms with Crippen LogP contribution in [-0.2, 0) is 15.1 Å². The molecule has 0 spiro atoms. The fourth-order valence-electron chi connectivity index (χ4n) is 2.65. The quantitative estimate of drug-likeness (QED) is 0.751. The summed E-state index contributed by atoms with van der Waals surface area (Å²) in [5.41, 5.74) is 10.8. The molecule has 1 saturated carbocycles. The first kappa shape index (κ1) is 14.5. The lowest BCUT2D eigenvalue weighted by Gasteiger charge is -2.29. The molecular formula is C15H21N3O2. The van der Waals surface area contributed by atoms with Crippen molar-refractivity contribution in [3.05, 3.63) is 35.9 Å². The highest BCUT2D eigenvalue weighted by Crippen LogP contribution is 2.27. The van der Waals surface area contributed by atoms with E-state index >= 15 is 0 Å². The van der Waals surface area contributed by atoms with Gasteiger partial charge in [0.1, 0.15) is 5.54 Å². The predicted molar refractivity (Wildman–Crippen MR) is 76.4 cm³/mol. The van der Waals surface area contributed by atoms with Crippen LogP contribution in [0.4, 0.5) is 0 Å². The Labute approximate surface area is 118 Å². The summed E-state index contributed by atoms with van der Waals surface area (Å²) in [5, 5.41) is 2.80. The maximum absolute atomic E-state index is 12.3. The molecule has 2 rings (SSSR count). The average molecular weight is 275 g/mol. The van der Waals surface area contributed by atoms with Crippen LogP contribution in [0, 0.1) is 5.92 Å². The minimum Gasteiger partial charge on any atom is -0.367 e. The summed E-state index contributed by atoms with van der Waals surface area (Å²) in [4.78, 5) is 24.1. The van der Waals surface area contributed by atoms with Crippen LogP contribution in [0.5, 0.6) is 0 Å². The molecule has 2 amide bonds. The smallest absolute Gasteiger partial charge is 0.247 e. The van der Waals surface area contributed by atoms with Crippen molar-refractivity contribution < 1.29 is 9.59 Å². The lowest BCUT2D eigenvalue weighted by molar-refractivity contribution is -0.133. The van der Waals surface area contributed by atoms with Gasteiger partial charge in [-0.15, -0.1) is 0 Å². The Morgan fingerprint density at radius 2 is 1.90 bits per heavy atom. The van der Waals surface area contributed by atoms with Gasteiger partial charge in [0.25, 0.3) is 0 Å². The molecule has 1 aliphatic carbocycles. The van der Waals surface area contributed by atoms with E-state index in [2.05, 4.69) is 5.32 Å². The molecule has 1 aromatic rings. The number of nitrogens with two attached hydrogens (primary N) is 2. The lowest BCUT2D eigenvalue weighted by atomic mass is 9.90. The molecule has 3 atom stereocenters. The Bertz CT molecular complexity index is 503. The molecule has 3 unspecified atom stereocenters. The SMILES string of the molecule is CC(NC(=O)C1CCC(N)C1)(C(N)=O)c1ccccc1. The van der Waals surface area contributed by atoms with Crippen LogP contribution >= 0.6 is 0 Å². The molecule has 0 bridgehead atoms. The van der Waals surface area contributed by atoms with Gasteiger partial charge in [-0.05, 0) is 31.7 Å². The largest absolute Gasteiger partial charge is 0.367 e. The van der Waals surface area contributed by atoms with Gasteiger partial charge in [-0.1, -0.05) is 30.3 Å². The van der Waals surface area contributed by atoms with E-state index in [0.29, 0.717) is 12.0 Å². The van der Waals surface area contributed by atoms with Crippen molar-refractivity contribution in [1.82, 2.24) is 5.32 Å². The summed E-state index contributed by atoms with van der Waals surface area (Å²) in [6.07, 6.45) is 2.27. The van der Waals surface area contributed by atoms with Crippen LogP contribution in [-0.4, -0.2) is 17.9 Å². The van der Waals surface area contributed by atoms with Crippen LogP contribution in [0.3, 0.4) is 0 Å². The molecule has 5 N–H and O–H groups in total. The van der Waals surface area contributed by atoms with E-state index in [4.69, 9.17) is 11.5 Å². The monoisotopic (exact) mass is 275 g/mol. The van der Waals surface area contributed by atoms with E-state index in [0.717, 1.165) is 12.8 Å². The maximum Gasteiger partial charge on any atom is 0.247 e. The van der Waals surface area contributed by atoms with Gasteiger partial charge >= 0.3 is 0 Å². The molecule has 1 aromatic carbocycles. The number of nitrogens with one attached hydrogen (secondary N) is 1. The van der Waals surface area contributed by atoms with Gasteiger partial charge in [0.15, 0.2) is 0 Å². The number of hydrogen-bond acceptors (Lipinski definition) is 3. The minimum atomic E-state index is -1.19. The van der Waals surface area contributed by atoms with Crippen LogP contribution < -0.4 is 16.8 Å². The van der Waals surface area contributed by atoms with Gasteiger partial charge in [0.2, 0.25) is 11.8 Å². The number of carbonyl (C=O) groups excluding carboxylic acids is 2. The maximum atomic E-state index is 12.3. The van der Waals surface area contributed by atoms with Crippen molar-refractivity contribution >= 4 is 11.8 Å². The first-order valence-corrected chi connectivity index (χ1v) is 6.86. The minimum absolute atomic E-state index is 0.0716. The number of benzene rings is 1. The van der Waals surface area contributed by atoms with Crippen molar-refractivity contribution in [3.63, 3.8) is 0 Å². The number of primary amides is 1. The first-order chi connectivity index (χ1) is 9.43. The zero-order valence-electron chi connectivity index (χ0n) is 11.6. The van der Waals surface area contributed by atoms with Crippen molar-refractivity contribution in [2.75, 3.05) is 0 Å². The van der Waals surface area contributed by atoms with Crippen molar-refractivity contribution in [1.29, 1.82) is 0 Å². The summed E-state index contributed by atoms with van der Waals surface area (Å²) in [7, 11) is 0. The third kappa shape index (κ3) is 2.82. The zero-order chi connectivity index (χ0) is 14.8. The van der Waals surface area contributed by atoms with Gasteiger partial charge in [0, 0.05) is 12.0 Å². The molecule has 5 nitrogen and oxygen atoms in total. The normalized spacial score (nSPS) is 24.9. The van der Waals surface area contributed by atoms with Crippen LogP contribution in [0.1, 0.15) is 31.7 Å². The van der Waals surface area contributed by atoms with Gasteiger partial charge in [-0.25, -0.2) is 0 Å². The topological polar surface area (TPSA) is 98.2 Å². The van der Waals surface area contributed by atoms with Crippen molar-refractivity contribution in [3.8, 4) is 0 Å². The average Bonchev–Trinajstić information content (AvgIpc) is 2.86. The standard InChI is InChI=1S/C15H21N3O2/c1-15(14(17)20,11-5-3-2-4-6-11)18-13(19)10-7-8-12(16)9-10/h2-6,10,12H,7-9,16H2,1H3,(H2,17,20)(H,18,19). The second kappa shape index (κ2) is 5.63. The molecule has 0 radical (unpaired) electrons. The predicted octanol–water partition coefficient (Wildman–Crippen LogP) is 0.631. The lowest BCUT2D eigenvalue weighted by Crippen LogP contribution is -2.54. The first-order valence-electron chi connectivity index (χ1n) is 6.86. The van der Waals surface area contributed by atoms with Gasteiger partial charge in [-0.2, -0.15) is 0 Å². The number of rotatable bonds is 4. The Morgan fingerprint density at radius 3 is 2.40 bits per heavy atom. The van der Waals surface area contributed by atoms with Gasteiger partial charge < -0.3 is 16.8 Å². The van der Waals surface area contributed by atoms with E-state index < -0.39 is 11.4 Å². The van der Waals surface area contributed by atoms with Crippen molar-refractivity contribution in [2.24, 2.45) is 17.4 Å². The molecule has 0 saturated heterocycles. The fraction of sp³-hybridized carbons (Fsp3) is 0.467. The van der Waals surface area contributed by atoms with Gasteiger partial charge in [0.05, 0.1) is 0 Å². The van der Waals surface area contributed by atoms with E-state index in [9.17, 15) is 9.59 Å². The van der Waals surface area contributed by atoms with Crippen molar-refractivity contribution in [2.45, 2.75) is 37.8 Å². The molecule has 20 heavy (non-hydrogen) atoms. The highest BCUT2D eigenvalue weighted by atomic mass is 16.2. The summed E-state index contributed by atoms with van der Waals surface area (Å²) < 4.78 is 0. The van der Waals surface area contributed by atoms with E-state index in [1.54, 1.807) is 19.1 Å². The second-order valence-corrected chi connectivity index (χ2v) is 5.61. The highest BCUT2D eigenvalue weighted by molar-refractivity contribution is 5.91. The Kier molecular flexibility index (Phi) is 4.09. The third-order valence-electron chi connectivity index (χ3n) is 4.06. The molecule has 1 fully saturated rings. The molecular weight excluding hydrogens is 254 g/mol. The van der Waals surface area contributed by atoms with E-state index in [-0.39, 0.29) is 17.9 Å². The Balaban J connectivity index is 2.18. The van der Waals surface area contributed by atoms with Crippen LogP contribution in [0.15, 0.2) is 30.3 Å². The summed E-state index contributed by atoms with van der Waals surface area (Å²) in [5.74, 6) is -0.852. The molecule has 0 aliphatic heterocycles. The third-order valence-corrected chi connectivity index (χ3v) is 4.06. The molecule has 108 valence electrons. The highest BCUT2D eigenvalue weighted by Gasteiger charge is 2.38. The molecule has 0 aromatic heterocycles. The second-order valence-electron chi connectivity index (χ2n) is 5.61. The van der Waals surface area contributed by atoms with E-state index in [1.807, 2.05) is 18.2 Å². The fourth-order valence-corrected chi connectivity index (χ4v) is 2.65. The summed E-state index contributed by atoms with van der Waals surface area (Å²) in [6.45, 7) is 1.64. The number of amides is 2. The van der Waals surface area contributed by atoms with E-state index in [1.165, 1.54) is 0 Å². The Morgan fingerprint density at radius 1 is 1.25 bits per heavy atom. The zero-order valence-corrected chi connectivity index (χ0v) is 11.6.